The molecule has 4 aliphatic rings. The van der Waals surface area contributed by atoms with Crippen LogP contribution in [0.3, 0.4) is 0 Å². The van der Waals surface area contributed by atoms with E-state index in [-0.39, 0.29) is 16.9 Å². The molecular formula is C31H39N7O3S. The van der Waals surface area contributed by atoms with Crippen LogP contribution in [0.25, 0.3) is 5.82 Å². The highest BCUT2D eigenvalue weighted by atomic mass is 32.2. The van der Waals surface area contributed by atoms with Gasteiger partial charge in [-0.05, 0) is 94.6 Å². The lowest BCUT2D eigenvalue weighted by molar-refractivity contribution is 0.0984. The standard InChI is InChI=1S/C31H39N7O3S/c1-30(2)18-20-4-3-13-32-24-16-22(39)17-27(33-24)42-36-29(40)23-5-6-25(34-28(23)37(30)19-20)38-14-8-26(35-38)41-15-9-21-7-10-31(21)11-12-31/h5-6,8,14,16-17,20-21H,3-4,7,9-13,15,18-19H2,1-2H3,(H,36,40)(H2,32,33,39)/t20-,21?/m0/s1. The van der Waals surface area contributed by atoms with Gasteiger partial charge in [-0.3, -0.25) is 14.3 Å². The summed E-state index contributed by atoms with van der Waals surface area (Å²) < 4.78 is 10.7. The van der Waals surface area contributed by atoms with E-state index >= 15 is 0 Å². The smallest absolute Gasteiger partial charge is 0.265 e. The van der Waals surface area contributed by atoms with Crippen LogP contribution >= 0.6 is 11.9 Å². The minimum Gasteiger partial charge on any atom is -0.477 e. The molecule has 222 valence electrons. The number of nitrogens with zero attached hydrogens (tertiary/aromatic N) is 4. The van der Waals surface area contributed by atoms with E-state index in [0.717, 1.165) is 56.6 Å². The fraction of sp³-hybridized carbons (Fsp3) is 0.548. The number of ether oxygens (including phenoxy) is 1. The molecule has 4 bridgehead atoms. The summed E-state index contributed by atoms with van der Waals surface area (Å²) in [4.78, 5) is 36.3. The van der Waals surface area contributed by atoms with Crippen LogP contribution in [0.1, 0.15) is 75.6 Å². The molecule has 11 heteroatoms. The highest BCUT2D eigenvalue weighted by Gasteiger charge is 2.54. The Balaban J connectivity index is 1.14. The van der Waals surface area contributed by atoms with E-state index in [1.807, 2.05) is 24.4 Å². The van der Waals surface area contributed by atoms with E-state index in [9.17, 15) is 9.59 Å². The number of hydrogen-bond donors (Lipinski definition) is 3. The first-order valence-electron chi connectivity index (χ1n) is 15.2. The average molecular weight is 590 g/mol. The van der Waals surface area contributed by atoms with Crippen LogP contribution in [-0.2, 0) is 0 Å². The molecule has 2 aliphatic carbocycles. The second-order valence-electron chi connectivity index (χ2n) is 13.1. The molecule has 1 spiro atoms. The molecular weight excluding hydrogens is 550 g/mol. The SMILES string of the molecule is CC1(C)C[C@@H]2CCCNc3cc(=O)cc([nH]3)SNC(=O)c3ccc(-n4ccc(OCCC5CCC56CC6)n4)nc3N1C2. The first kappa shape index (κ1) is 27.4. The number of aromatic nitrogens is 4. The number of carbonyl (C=O) groups is 1. The van der Waals surface area contributed by atoms with E-state index in [1.54, 1.807) is 10.7 Å². The predicted molar refractivity (Wildman–Crippen MR) is 164 cm³/mol. The summed E-state index contributed by atoms with van der Waals surface area (Å²) in [5.41, 5.74) is 0.863. The van der Waals surface area contributed by atoms with Crippen molar-refractivity contribution in [1.82, 2.24) is 24.5 Å². The Labute approximate surface area is 250 Å². The number of rotatable bonds is 5. The van der Waals surface area contributed by atoms with E-state index in [1.165, 1.54) is 31.7 Å². The number of carbonyl (C=O) groups excluding carboxylic acids is 1. The fourth-order valence-corrected chi connectivity index (χ4v) is 7.83. The summed E-state index contributed by atoms with van der Waals surface area (Å²) in [5, 5.41) is 8.56. The number of amides is 1. The van der Waals surface area contributed by atoms with Crippen LogP contribution in [0.2, 0.25) is 0 Å². The second kappa shape index (κ2) is 10.7. The van der Waals surface area contributed by atoms with Gasteiger partial charge in [-0.25, -0.2) is 9.67 Å². The molecule has 1 amide bonds. The Hall–Kier alpha value is -3.47. The van der Waals surface area contributed by atoms with Crippen LogP contribution in [0.4, 0.5) is 11.6 Å². The van der Waals surface area contributed by atoms with Gasteiger partial charge in [0.25, 0.3) is 5.91 Å². The monoisotopic (exact) mass is 589 g/mol. The summed E-state index contributed by atoms with van der Waals surface area (Å²) in [6.07, 6.45) is 11.5. The second-order valence-corrected chi connectivity index (χ2v) is 13.9. The lowest BCUT2D eigenvalue weighted by atomic mass is 9.69. The van der Waals surface area contributed by atoms with E-state index < -0.39 is 0 Å². The van der Waals surface area contributed by atoms with Crippen LogP contribution in [0, 0.1) is 17.3 Å². The van der Waals surface area contributed by atoms with Gasteiger partial charge in [-0.2, -0.15) is 0 Å². The maximum Gasteiger partial charge on any atom is 0.265 e. The molecule has 2 atom stereocenters. The molecule has 3 aromatic rings. The Kier molecular flexibility index (Phi) is 6.95. The highest BCUT2D eigenvalue weighted by molar-refractivity contribution is 7.97. The largest absolute Gasteiger partial charge is 0.477 e. The predicted octanol–water partition coefficient (Wildman–Crippen LogP) is 5.16. The molecule has 2 aliphatic heterocycles. The number of nitrogens with one attached hydrogen (secondary N) is 3. The van der Waals surface area contributed by atoms with Gasteiger partial charge in [0.1, 0.15) is 11.6 Å². The molecule has 1 saturated heterocycles. The van der Waals surface area contributed by atoms with Crippen molar-refractivity contribution in [3.63, 3.8) is 0 Å². The van der Waals surface area contributed by atoms with Gasteiger partial charge in [-0.15, -0.1) is 5.10 Å². The zero-order valence-electron chi connectivity index (χ0n) is 24.3. The molecule has 7 rings (SSSR count). The van der Waals surface area contributed by atoms with Crippen molar-refractivity contribution < 1.29 is 9.53 Å². The zero-order chi connectivity index (χ0) is 28.9. The van der Waals surface area contributed by atoms with Gasteiger partial charge >= 0.3 is 0 Å². The molecule has 2 saturated carbocycles. The number of pyridine rings is 2. The Morgan fingerprint density at radius 3 is 2.81 bits per heavy atom. The molecule has 0 radical (unpaired) electrons. The molecule has 3 N–H and O–H groups in total. The van der Waals surface area contributed by atoms with Crippen molar-refractivity contribution >= 4 is 29.5 Å². The molecule has 1 unspecified atom stereocenters. The van der Waals surface area contributed by atoms with Crippen molar-refractivity contribution in [1.29, 1.82) is 0 Å². The zero-order valence-corrected chi connectivity index (χ0v) is 25.1. The third-order valence-corrected chi connectivity index (χ3v) is 10.5. The summed E-state index contributed by atoms with van der Waals surface area (Å²) in [6.45, 7) is 6.71. The van der Waals surface area contributed by atoms with E-state index in [0.29, 0.717) is 51.9 Å². The summed E-state index contributed by atoms with van der Waals surface area (Å²) >= 11 is 1.09. The van der Waals surface area contributed by atoms with Gasteiger partial charge in [0, 0.05) is 55.0 Å². The third-order valence-electron chi connectivity index (χ3n) is 9.76. The van der Waals surface area contributed by atoms with Gasteiger partial charge < -0.3 is 19.9 Å². The number of anilines is 2. The lowest BCUT2D eigenvalue weighted by Gasteiger charge is -2.37. The average Bonchev–Trinajstić information content (AvgIpc) is 3.57. The van der Waals surface area contributed by atoms with Crippen molar-refractivity contribution in [2.45, 2.75) is 75.8 Å². The topological polar surface area (TPSA) is 117 Å². The van der Waals surface area contributed by atoms with Gasteiger partial charge in [0.05, 0.1) is 17.2 Å². The first-order chi connectivity index (χ1) is 20.3. The number of H-pyrrole nitrogens is 1. The van der Waals surface area contributed by atoms with Crippen molar-refractivity contribution in [3.05, 3.63) is 52.3 Å². The maximum absolute atomic E-state index is 13.6. The van der Waals surface area contributed by atoms with Crippen LogP contribution in [0.15, 0.2) is 46.3 Å². The van der Waals surface area contributed by atoms with Gasteiger partial charge in [0.15, 0.2) is 11.2 Å². The maximum atomic E-state index is 13.6. The van der Waals surface area contributed by atoms with Gasteiger partial charge in [0.2, 0.25) is 5.88 Å². The Bertz CT molecular complexity index is 1550. The number of hydrogen-bond acceptors (Lipinski definition) is 8. The molecule has 0 aromatic carbocycles. The van der Waals surface area contributed by atoms with Crippen molar-refractivity contribution in [3.8, 4) is 11.7 Å². The molecule has 10 nitrogen and oxygen atoms in total. The van der Waals surface area contributed by atoms with Gasteiger partial charge in [-0.1, -0.05) is 0 Å². The molecule has 42 heavy (non-hydrogen) atoms. The van der Waals surface area contributed by atoms with Crippen molar-refractivity contribution in [2.24, 2.45) is 17.3 Å². The summed E-state index contributed by atoms with van der Waals surface area (Å²) in [6, 6.07) is 8.56. The number of fused-ring (bicyclic) bond motifs is 6. The first-order valence-corrected chi connectivity index (χ1v) is 16.0. The molecule has 3 aromatic heterocycles. The lowest BCUT2D eigenvalue weighted by Crippen LogP contribution is -2.40. The normalized spacial score (nSPS) is 24.0. The molecule has 3 fully saturated rings. The van der Waals surface area contributed by atoms with Crippen LogP contribution < -0.4 is 25.1 Å². The Morgan fingerprint density at radius 1 is 1.12 bits per heavy atom. The van der Waals surface area contributed by atoms with Crippen LogP contribution in [0.5, 0.6) is 5.88 Å². The fourth-order valence-electron chi connectivity index (χ4n) is 7.18. The minimum absolute atomic E-state index is 0.117. The third kappa shape index (κ3) is 5.39. The van der Waals surface area contributed by atoms with Crippen LogP contribution in [-0.4, -0.2) is 50.9 Å². The minimum atomic E-state index is -0.267. The highest BCUT2D eigenvalue weighted by Crippen LogP contribution is 2.65. The van der Waals surface area contributed by atoms with E-state index in [2.05, 4.69) is 38.9 Å². The summed E-state index contributed by atoms with van der Waals surface area (Å²) in [5.74, 6) is 3.54. The molecule has 5 heterocycles. The quantitative estimate of drug-likeness (QED) is 0.350. The number of aromatic amines is 1. The Morgan fingerprint density at radius 2 is 2.00 bits per heavy atom. The van der Waals surface area contributed by atoms with E-state index in [4.69, 9.17) is 9.72 Å². The van der Waals surface area contributed by atoms with Crippen molar-refractivity contribution in [2.75, 3.05) is 29.9 Å². The summed E-state index contributed by atoms with van der Waals surface area (Å²) in [7, 11) is 0.